The first-order chi connectivity index (χ1) is 16.4. The van der Waals surface area contributed by atoms with Crippen LogP contribution >= 0.6 is 23.4 Å². The van der Waals surface area contributed by atoms with Crippen LogP contribution in [0, 0.1) is 12.7 Å². The first-order valence-corrected chi connectivity index (χ1v) is 11.4. The van der Waals surface area contributed by atoms with Gasteiger partial charge in [-0.3, -0.25) is 9.59 Å². The number of halogens is 2. The average molecular weight is 496 g/mol. The van der Waals surface area contributed by atoms with Crippen LogP contribution < -0.4 is 15.4 Å². The predicted octanol–water partition coefficient (Wildman–Crippen LogP) is 5.70. The number of amidine groups is 1. The lowest BCUT2D eigenvalue weighted by atomic mass is 10.2. The van der Waals surface area contributed by atoms with E-state index in [2.05, 4.69) is 15.6 Å². The zero-order chi connectivity index (χ0) is 24.1. The number of nitrogens with one attached hydrogen (secondary N) is 2. The molecule has 3 aromatic carbocycles. The van der Waals surface area contributed by atoms with Gasteiger partial charge in [0.15, 0.2) is 11.8 Å². The van der Waals surface area contributed by atoms with Gasteiger partial charge in [0, 0.05) is 0 Å². The Hall–Kier alpha value is -3.62. The van der Waals surface area contributed by atoms with E-state index < -0.39 is 11.7 Å². The largest absolute Gasteiger partial charge is 0.482 e. The molecule has 1 heterocycles. The van der Waals surface area contributed by atoms with Gasteiger partial charge in [-0.2, -0.15) is 0 Å². The summed E-state index contributed by atoms with van der Waals surface area (Å²) in [6.07, 6.45) is 1.70. The third-order valence-corrected chi connectivity index (χ3v) is 5.95. The van der Waals surface area contributed by atoms with Crippen molar-refractivity contribution in [1.29, 1.82) is 0 Å². The van der Waals surface area contributed by atoms with Crippen molar-refractivity contribution in [3.05, 3.63) is 93.6 Å². The minimum Gasteiger partial charge on any atom is -0.482 e. The lowest BCUT2D eigenvalue weighted by Crippen LogP contribution is -2.20. The molecular weight excluding hydrogens is 477 g/mol. The molecule has 34 heavy (non-hydrogen) atoms. The van der Waals surface area contributed by atoms with Gasteiger partial charge >= 0.3 is 0 Å². The van der Waals surface area contributed by atoms with Crippen LogP contribution in [0.4, 0.5) is 15.8 Å². The smallest absolute Gasteiger partial charge is 0.264 e. The van der Waals surface area contributed by atoms with Crippen LogP contribution in [0.15, 0.2) is 76.6 Å². The Morgan fingerprint density at radius 1 is 1.18 bits per heavy atom. The average Bonchev–Trinajstić information content (AvgIpc) is 3.15. The molecule has 6 nitrogen and oxygen atoms in total. The Morgan fingerprint density at radius 2 is 1.94 bits per heavy atom. The third-order valence-electron chi connectivity index (χ3n) is 4.75. The molecule has 1 aliphatic rings. The minimum atomic E-state index is -0.535. The molecule has 3 aromatic rings. The summed E-state index contributed by atoms with van der Waals surface area (Å²) in [5.74, 6) is -1.02. The molecule has 1 aliphatic heterocycles. The van der Waals surface area contributed by atoms with Crippen molar-refractivity contribution in [2.75, 3.05) is 11.9 Å². The summed E-state index contributed by atoms with van der Waals surface area (Å²) in [7, 11) is 0. The maximum Gasteiger partial charge on any atom is 0.264 e. The molecule has 0 radical (unpaired) electrons. The van der Waals surface area contributed by atoms with E-state index in [1.54, 1.807) is 30.3 Å². The second kappa shape index (κ2) is 10.5. The third kappa shape index (κ3) is 5.84. The summed E-state index contributed by atoms with van der Waals surface area (Å²) in [5.41, 5.74) is 2.55. The number of hydrogen-bond donors (Lipinski definition) is 2. The Balaban J connectivity index is 1.40. The van der Waals surface area contributed by atoms with Crippen molar-refractivity contribution in [3.8, 4) is 5.75 Å². The molecule has 0 bridgehead atoms. The normalized spacial score (nSPS) is 15.4. The summed E-state index contributed by atoms with van der Waals surface area (Å²) in [5, 5.41) is 5.97. The maximum atomic E-state index is 13.6. The van der Waals surface area contributed by atoms with Crippen LogP contribution in [0.25, 0.3) is 6.08 Å². The molecule has 4 rings (SSSR count). The van der Waals surface area contributed by atoms with Crippen molar-refractivity contribution in [2.45, 2.75) is 6.92 Å². The van der Waals surface area contributed by atoms with E-state index in [-0.39, 0.29) is 29.0 Å². The number of benzene rings is 3. The molecule has 0 aromatic heterocycles. The van der Waals surface area contributed by atoms with Crippen molar-refractivity contribution in [1.82, 2.24) is 5.32 Å². The summed E-state index contributed by atoms with van der Waals surface area (Å²) in [6.45, 7) is 1.61. The predicted molar refractivity (Wildman–Crippen MR) is 134 cm³/mol. The fraction of sp³-hybridized carbons (Fsp3) is 0.0800. The van der Waals surface area contributed by atoms with Crippen LogP contribution in [0.2, 0.25) is 5.02 Å². The SMILES string of the molecule is Cc1ccccc1N=C1NC(=O)/C(=C/c2ccc(OCC(=O)Nc3ccccc3F)c(Cl)c2)S1. The number of carbonyl (C=O) groups excluding carboxylic acids is 2. The van der Waals surface area contributed by atoms with Gasteiger partial charge < -0.3 is 15.4 Å². The van der Waals surface area contributed by atoms with E-state index in [0.29, 0.717) is 15.6 Å². The molecule has 2 N–H and O–H groups in total. The van der Waals surface area contributed by atoms with Crippen molar-refractivity contribution in [3.63, 3.8) is 0 Å². The second-order valence-electron chi connectivity index (χ2n) is 7.27. The van der Waals surface area contributed by atoms with E-state index in [4.69, 9.17) is 16.3 Å². The molecule has 1 fully saturated rings. The zero-order valence-electron chi connectivity index (χ0n) is 18.0. The van der Waals surface area contributed by atoms with Gasteiger partial charge in [0.25, 0.3) is 11.8 Å². The fourth-order valence-corrected chi connectivity index (χ4v) is 4.12. The molecule has 172 valence electrons. The number of thioether (sulfide) groups is 1. The van der Waals surface area contributed by atoms with E-state index in [9.17, 15) is 14.0 Å². The number of aryl methyl sites for hydroxylation is 1. The highest BCUT2D eigenvalue weighted by molar-refractivity contribution is 8.18. The van der Waals surface area contributed by atoms with Gasteiger partial charge in [0.05, 0.1) is 21.3 Å². The maximum absolute atomic E-state index is 13.6. The van der Waals surface area contributed by atoms with E-state index in [1.165, 1.54) is 30.0 Å². The topological polar surface area (TPSA) is 79.8 Å². The highest BCUT2D eigenvalue weighted by atomic mass is 35.5. The Morgan fingerprint density at radius 3 is 2.71 bits per heavy atom. The van der Waals surface area contributed by atoms with Crippen LogP contribution in [0.5, 0.6) is 5.75 Å². The Kier molecular flexibility index (Phi) is 7.30. The number of carbonyl (C=O) groups is 2. The number of para-hydroxylation sites is 2. The van der Waals surface area contributed by atoms with Crippen LogP contribution in [0.1, 0.15) is 11.1 Å². The number of aliphatic imine (C=N–C) groups is 1. The summed E-state index contributed by atoms with van der Waals surface area (Å²) < 4.78 is 19.1. The number of ether oxygens (including phenoxy) is 1. The monoisotopic (exact) mass is 495 g/mol. The summed E-state index contributed by atoms with van der Waals surface area (Å²) in [6, 6.07) is 18.4. The molecule has 0 saturated carbocycles. The summed E-state index contributed by atoms with van der Waals surface area (Å²) >= 11 is 7.53. The van der Waals surface area contributed by atoms with Gasteiger partial charge in [-0.25, -0.2) is 9.38 Å². The molecule has 1 saturated heterocycles. The highest BCUT2D eigenvalue weighted by Crippen LogP contribution is 2.31. The van der Waals surface area contributed by atoms with Gasteiger partial charge in [-0.05, 0) is 66.2 Å². The highest BCUT2D eigenvalue weighted by Gasteiger charge is 2.24. The lowest BCUT2D eigenvalue weighted by molar-refractivity contribution is -0.118. The van der Waals surface area contributed by atoms with Gasteiger partial charge in [-0.15, -0.1) is 0 Å². The van der Waals surface area contributed by atoms with E-state index >= 15 is 0 Å². The minimum absolute atomic E-state index is 0.0712. The first kappa shape index (κ1) is 23.5. The number of anilines is 1. The first-order valence-electron chi connectivity index (χ1n) is 10.2. The van der Waals surface area contributed by atoms with Crippen molar-refractivity contribution < 1.29 is 18.7 Å². The number of hydrogen-bond acceptors (Lipinski definition) is 5. The second-order valence-corrected chi connectivity index (χ2v) is 8.71. The fourth-order valence-electron chi connectivity index (χ4n) is 3.05. The Bertz CT molecular complexity index is 1330. The zero-order valence-corrected chi connectivity index (χ0v) is 19.5. The molecule has 0 aliphatic carbocycles. The molecule has 0 unspecified atom stereocenters. The molecular formula is C25H19ClFN3O3S. The van der Waals surface area contributed by atoms with E-state index in [0.717, 1.165) is 11.3 Å². The van der Waals surface area contributed by atoms with Gasteiger partial charge in [0.2, 0.25) is 0 Å². The van der Waals surface area contributed by atoms with Crippen LogP contribution in [-0.4, -0.2) is 23.6 Å². The molecule has 0 spiro atoms. The van der Waals surface area contributed by atoms with Gasteiger partial charge in [0.1, 0.15) is 11.6 Å². The number of rotatable bonds is 6. The molecule has 2 amide bonds. The van der Waals surface area contributed by atoms with Crippen LogP contribution in [-0.2, 0) is 9.59 Å². The van der Waals surface area contributed by atoms with Crippen molar-refractivity contribution >= 4 is 57.8 Å². The summed E-state index contributed by atoms with van der Waals surface area (Å²) in [4.78, 5) is 29.4. The van der Waals surface area contributed by atoms with Crippen LogP contribution in [0.3, 0.4) is 0 Å². The van der Waals surface area contributed by atoms with Gasteiger partial charge in [-0.1, -0.05) is 48.0 Å². The standard InChI is InChI=1S/C25H19ClFN3O3S/c1-15-6-2-4-8-19(15)29-25-30-24(32)22(34-25)13-16-10-11-21(17(26)12-16)33-14-23(31)28-20-9-5-3-7-18(20)27/h2-13H,14H2,1H3,(H,28,31)(H,29,30,32)/b22-13-. The Labute approximate surface area is 204 Å². The molecule has 0 atom stereocenters. The van der Waals surface area contributed by atoms with Crippen molar-refractivity contribution in [2.24, 2.45) is 4.99 Å². The number of nitrogens with zero attached hydrogens (tertiary/aromatic N) is 1. The lowest BCUT2D eigenvalue weighted by Gasteiger charge is -2.10. The quantitative estimate of drug-likeness (QED) is 0.430. The van der Waals surface area contributed by atoms with E-state index in [1.807, 2.05) is 31.2 Å². The molecule has 9 heteroatoms. The number of amides is 2.